The highest BCUT2D eigenvalue weighted by molar-refractivity contribution is 5.79. The molecule has 1 heterocycles. The van der Waals surface area contributed by atoms with Crippen LogP contribution < -0.4 is 0 Å². The molecule has 2 rings (SSSR count). The Morgan fingerprint density at radius 3 is 2.42 bits per heavy atom. The summed E-state index contributed by atoms with van der Waals surface area (Å²) >= 11 is 0. The van der Waals surface area contributed by atoms with Crippen LogP contribution in [0.25, 0.3) is 0 Å². The molecule has 1 amide bonds. The summed E-state index contributed by atoms with van der Waals surface area (Å²) in [6, 6.07) is 0. The second-order valence-electron chi connectivity index (χ2n) is 6.26. The van der Waals surface area contributed by atoms with E-state index < -0.39 is 5.97 Å². The first kappa shape index (κ1) is 14.4. The molecular weight excluding hydrogens is 242 g/mol. The zero-order valence-electron chi connectivity index (χ0n) is 11.8. The van der Waals surface area contributed by atoms with Crippen LogP contribution in [0.2, 0.25) is 0 Å². The molecule has 0 aromatic rings. The quantitative estimate of drug-likeness (QED) is 0.851. The van der Waals surface area contributed by atoms with Crippen molar-refractivity contribution in [3.8, 4) is 0 Å². The molecule has 108 valence electrons. The minimum atomic E-state index is -0.768. The molecule has 0 spiro atoms. The molecule has 19 heavy (non-hydrogen) atoms. The fraction of sp³-hybridized carbons (Fsp3) is 0.867. The summed E-state index contributed by atoms with van der Waals surface area (Å²) in [5.41, 5.74) is 0. The molecule has 0 aromatic carbocycles. The fourth-order valence-corrected chi connectivity index (χ4v) is 3.45. The van der Waals surface area contributed by atoms with Crippen molar-refractivity contribution in [2.75, 3.05) is 13.1 Å². The van der Waals surface area contributed by atoms with Crippen LogP contribution in [-0.4, -0.2) is 35.0 Å². The van der Waals surface area contributed by atoms with Crippen LogP contribution in [0.5, 0.6) is 0 Å². The molecule has 1 aliphatic heterocycles. The lowest BCUT2D eigenvalue weighted by molar-refractivity contribution is -0.142. The predicted octanol–water partition coefficient (Wildman–Crippen LogP) is 2.53. The van der Waals surface area contributed by atoms with E-state index in [2.05, 4.69) is 0 Å². The molecule has 0 bridgehead atoms. The van der Waals surface area contributed by atoms with Crippen molar-refractivity contribution >= 4 is 11.9 Å². The SMILES string of the molecule is C[C@@H]1CN(C(=O)CCC2CCCCC2)C[C@H]1C(=O)O. The van der Waals surface area contributed by atoms with Gasteiger partial charge in [-0.2, -0.15) is 0 Å². The van der Waals surface area contributed by atoms with Crippen molar-refractivity contribution in [1.29, 1.82) is 0 Å². The highest BCUT2D eigenvalue weighted by Crippen LogP contribution is 2.29. The van der Waals surface area contributed by atoms with Gasteiger partial charge in [0.15, 0.2) is 0 Å². The van der Waals surface area contributed by atoms with Gasteiger partial charge in [0.05, 0.1) is 5.92 Å². The summed E-state index contributed by atoms with van der Waals surface area (Å²) < 4.78 is 0. The van der Waals surface area contributed by atoms with Crippen LogP contribution in [0.1, 0.15) is 51.9 Å². The van der Waals surface area contributed by atoms with Crippen LogP contribution in [0.15, 0.2) is 0 Å². The molecule has 1 aliphatic carbocycles. The molecule has 1 saturated heterocycles. The summed E-state index contributed by atoms with van der Waals surface area (Å²) in [6.07, 6.45) is 8.07. The Hall–Kier alpha value is -1.06. The number of hydrogen-bond donors (Lipinski definition) is 1. The van der Waals surface area contributed by atoms with Crippen molar-refractivity contribution in [3.63, 3.8) is 0 Å². The molecule has 4 nitrogen and oxygen atoms in total. The molecule has 0 aromatic heterocycles. The van der Waals surface area contributed by atoms with Gasteiger partial charge in [0.25, 0.3) is 0 Å². The van der Waals surface area contributed by atoms with Crippen molar-refractivity contribution < 1.29 is 14.7 Å². The number of likely N-dealkylation sites (tertiary alicyclic amines) is 1. The zero-order chi connectivity index (χ0) is 13.8. The van der Waals surface area contributed by atoms with Gasteiger partial charge in [0, 0.05) is 19.5 Å². The van der Waals surface area contributed by atoms with Crippen LogP contribution in [0.4, 0.5) is 0 Å². The number of carbonyl (C=O) groups is 2. The number of carbonyl (C=O) groups excluding carboxylic acids is 1. The van der Waals surface area contributed by atoms with Gasteiger partial charge >= 0.3 is 5.97 Å². The lowest BCUT2D eigenvalue weighted by Gasteiger charge is -2.22. The Bertz CT molecular complexity index is 336. The van der Waals surface area contributed by atoms with Gasteiger partial charge in [-0.25, -0.2) is 0 Å². The maximum absolute atomic E-state index is 12.1. The van der Waals surface area contributed by atoms with E-state index in [1.807, 2.05) is 6.92 Å². The third-order valence-electron chi connectivity index (χ3n) is 4.77. The van der Waals surface area contributed by atoms with Gasteiger partial charge in [-0.05, 0) is 18.3 Å². The van der Waals surface area contributed by atoms with E-state index in [-0.39, 0.29) is 17.7 Å². The number of rotatable bonds is 4. The second-order valence-corrected chi connectivity index (χ2v) is 6.26. The van der Waals surface area contributed by atoms with Gasteiger partial charge in [0.1, 0.15) is 0 Å². The van der Waals surface area contributed by atoms with Gasteiger partial charge in [0.2, 0.25) is 5.91 Å². The average molecular weight is 267 g/mol. The molecule has 1 N–H and O–H groups in total. The summed E-state index contributed by atoms with van der Waals surface area (Å²) in [5.74, 6) is -0.195. The minimum absolute atomic E-state index is 0.0798. The van der Waals surface area contributed by atoms with E-state index in [9.17, 15) is 9.59 Å². The van der Waals surface area contributed by atoms with Crippen molar-refractivity contribution in [1.82, 2.24) is 4.90 Å². The van der Waals surface area contributed by atoms with E-state index in [4.69, 9.17) is 5.11 Å². The highest BCUT2D eigenvalue weighted by atomic mass is 16.4. The summed E-state index contributed by atoms with van der Waals surface area (Å²) in [4.78, 5) is 24.9. The van der Waals surface area contributed by atoms with E-state index >= 15 is 0 Å². The topological polar surface area (TPSA) is 57.6 Å². The smallest absolute Gasteiger partial charge is 0.308 e. The minimum Gasteiger partial charge on any atom is -0.481 e. The lowest BCUT2D eigenvalue weighted by Crippen LogP contribution is -2.30. The summed E-state index contributed by atoms with van der Waals surface area (Å²) in [7, 11) is 0. The molecule has 2 fully saturated rings. The third kappa shape index (κ3) is 3.71. The normalized spacial score (nSPS) is 28.6. The number of hydrogen-bond acceptors (Lipinski definition) is 2. The zero-order valence-corrected chi connectivity index (χ0v) is 11.8. The summed E-state index contributed by atoms with van der Waals surface area (Å²) in [6.45, 7) is 2.94. The Morgan fingerprint density at radius 1 is 1.16 bits per heavy atom. The van der Waals surface area contributed by atoms with Gasteiger partial charge in [-0.1, -0.05) is 39.0 Å². The third-order valence-corrected chi connectivity index (χ3v) is 4.77. The predicted molar refractivity (Wildman–Crippen MR) is 72.7 cm³/mol. The van der Waals surface area contributed by atoms with Crippen molar-refractivity contribution in [3.05, 3.63) is 0 Å². The number of aliphatic carboxylic acids is 1. The second kappa shape index (κ2) is 6.40. The van der Waals surface area contributed by atoms with E-state index in [0.717, 1.165) is 6.42 Å². The Morgan fingerprint density at radius 2 is 1.84 bits per heavy atom. The Balaban J connectivity index is 1.76. The van der Waals surface area contributed by atoms with Crippen molar-refractivity contribution in [2.45, 2.75) is 51.9 Å². The molecule has 0 unspecified atom stereocenters. The Labute approximate surface area is 115 Å². The average Bonchev–Trinajstić information content (AvgIpc) is 2.79. The van der Waals surface area contributed by atoms with Crippen molar-refractivity contribution in [2.24, 2.45) is 17.8 Å². The molecular formula is C15H25NO3. The summed E-state index contributed by atoms with van der Waals surface area (Å²) in [5, 5.41) is 9.08. The van der Waals surface area contributed by atoms with Crippen LogP contribution >= 0.6 is 0 Å². The standard InChI is InChI=1S/C15H25NO3/c1-11-9-16(10-13(11)15(18)19)14(17)8-7-12-5-3-2-4-6-12/h11-13H,2-10H2,1H3,(H,18,19)/t11-,13-/m1/s1. The number of carboxylic acids is 1. The van der Waals surface area contributed by atoms with Gasteiger partial charge < -0.3 is 10.0 Å². The van der Waals surface area contributed by atoms with Crippen LogP contribution in [0, 0.1) is 17.8 Å². The molecule has 4 heteroatoms. The number of nitrogens with zero attached hydrogens (tertiary/aromatic N) is 1. The largest absolute Gasteiger partial charge is 0.481 e. The highest BCUT2D eigenvalue weighted by Gasteiger charge is 2.36. The fourth-order valence-electron chi connectivity index (χ4n) is 3.45. The first-order valence-corrected chi connectivity index (χ1v) is 7.58. The van der Waals surface area contributed by atoms with Crippen LogP contribution in [-0.2, 0) is 9.59 Å². The Kier molecular flexibility index (Phi) is 4.83. The molecule has 1 saturated carbocycles. The molecule has 2 atom stereocenters. The first-order chi connectivity index (χ1) is 9.08. The monoisotopic (exact) mass is 267 g/mol. The van der Waals surface area contributed by atoms with Gasteiger partial charge in [-0.15, -0.1) is 0 Å². The number of amides is 1. The van der Waals surface area contributed by atoms with E-state index in [1.54, 1.807) is 4.90 Å². The maximum Gasteiger partial charge on any atom is 0.308 e. The van der Waals surface area contributed by atoms with Crippen LogP contribution in [0.3, 0.4) is 0 Å². The van der Waals surface area contributed by atoms with E-state index in [1.165, 1.54) is 32.1 Å². The first-order valence-electron chi connectivity index (χ1n) is 7.58. The lowest BCUT2D eigenvalue weighted by atomic mass is 9.86. The number of carboxylic acid groups (broad SMARTS) is 1. The van der Waals surface area contributed by atoms with E-state index in [0.29, 0.717) is 25.4 Å². The molecule has 2 aliphatic rings. The van der Waals surface area contributed by atoms with Gasteiger partial charge in [-0.3, -0.25) is 9.59 Å². The maximum atomic E-state index is 12.1. The molecule has 0 radical (unpaired) electrons.